The number of pyridine rings is 2. The largest absolute Gasteiger partial charge is 0.493 e. The maximum atomic E-state index is 12.7. The van der Waals surface area contributed by atoms with Gasteiger partial charge < -0.3 is 47.8 Å². The fraction of sp³-hybridized carbons (Fsp3) is 0.594. The van der Waals surface area contributed by atoms with Crippen LogP contribution in [0.25, 0.3) is 22.5 Å². The number of nitrogens with zero attached hydrogens (tertiary/aromatic N) is 2. The van der Waals surface area contributed by atoms with E-state index in [0.29, 0.717) is 49.1 Å². The standard InChI is InChI=1S/2C32H43NO7/c2*1-31(2,3)40-28(35)12-10-8-7-9-11-15-39-27-16-21-20-13-14-32(4,5)29(20)33-19-23(30(36)37)25(34)18-24(33)22(21)17-26(27)38-6/h2*16-20,29H,7-15H2,1-6H3,(H,36,37)/t2*20-,29+/m10/s1. The average molecular weight is 1110 g/mol. The van der Waals surface area contributed by atoms with E-state index in [0.717, 1.165) is 124 Å². The maximum Gasteiger partial charge on any atom is 0.341 e. The molecule has 0 bridgehead atoms. The Morgan fingerprint density at radius 3 is 1.21 bits per heavy atom. The predicted molar refractivity (Wildman–Crippen MR) is 307 cm³/mol. The van der Waals surface area contributed by atoms with E-state index in [2.05, 4.69) is 39.8 Å². The van der Waals surface area contributed by atoms with Gasteiger partial charge in [0.2, 0.25) is 0 Å². The number of aromatic nitrogens is 2. The summed E-state index contributed by atoms with van der Waals surface area (Å²) >= 11 is 0. The van der Waals surface area contributed by atoms with Crippen LogP contribution in [0.15, 0.2) is 58.4 Å². The van der Waals surface area contributed by atoms with Crippen LogP contribution >= 0.6 is 0 Å². The molecule has 2 fully saturated rings. The Morgan fingerprint density at radius 2 is 0.875 bits per heavy atom. The maximum absolute atomic E-state index is 12.7. The normalized spacial score (nSPS) is 18.9. The van der Waals surface area contributed by atoms with E-state index in [1.807, 2.05) is 62.8 Å². The zero-order valence-electron chi connectivity index (χ0n) is 49.3. The highest BCUT2D eigenvalue weighted by atomic mass is 16.6. The first kappa shape index (κ1) is 61.0. The van der Waals surface area contributed by atoms with Gasteiger partial charge in [-0.1, -0.05) is 66.2 Å². The Balaban J connectivity index is 0.000000231. The molecule has 2 aromatic heterocycles. The molecule has 0 unspecified atom stereocenters. The van der Waals surface area contributed by atoms with E-state index in [9.17, 15) is 39.0 Å². The molecular formula is C64H86N2O14. The zero-order valence-corrected chi connectivity index (χ0v) is 49.3. The van der Waals surface area contributed by atoms with Gasteiger partial charge in [-0.3, -0.25) is 19.2 Å². The molecule has 80 heavy (non-hydrogen) atoms. The molecular weight excluding hydrogens is 1020 g/mol. The van der Waals surface area contributed by atoms with Gasteiger partial charge in [0.25, 0.3) is 0 Å². The van der Waals surface area contributed by atoms with Gasteiger partial charge in [-0.15, -0.1) is 0 Å². The topological polar surface area (TPSA) is 208 Å². The highest BCUT2D eigenvalue weighted by Gasteiger charge is 2.49. The van der Waals surface area contributed by atoms with Gasteiger partial charge >= 0.3 is 23.9 Å². The van der Waals surface area contributed by atoms with Crippen molar-refractivity contribution in [2.45, 2.75) is 207 Å². The van der Waals surface area contributed by atoms with Crippen LogP contribution < -0.4 is 29.8 Å². The number of fused-ring (bicyclic) bond motifs is 12. The Labute approximate surface area is 471 Å². The average Bonchev–Trinajstić information content (AvgIpc) is 3.98. The summed E-state index contributed by atoms with van der Waals surface area (Å²) in [5.41, 5.74) is 3.06. The SMILES string of the molecule is COc1cc2c(cc1OCCCCCCCC(=O)OC(C)(C)C)[C@@H]1CCC(C)(C)[C@@H]1n1cc(C(=O)O)c(=O)cc1-2.COc1cc2c(cc1OCCCCCCCC(=O)OC(C)(C)C)[C@H]1CCC(C)(C)[C@H]1n1cc(C(=O)O)c(=O)cc1-2. The number of carbonyl (C=O) groups excluding carboxylic acids is 2. The van der Waals surface area contributed by atoms with Gasteiger partial charge in [0.15, 0.2) is 33.9 Å². The van der Waals surface area contributed by atoms with Crippen LogP contribution in [0, 0.1) is 10.8 Å². The third-order valence-electron chi connectivity index (χ3n) is 16.2. The molecule has 4 atom stereocenters. The predicted octanol–water partition coefficient (Wildman–Crippen LogP) is 13.5. The molecule has 0 amide bonds. The zero-order chi connectivity index (χ0) is 58.5. The molecule has 4 heterocycles. The van der Waals surface area contributed by atoms with Gasteiger partial charge in [-0.25, -0.2) is 9.59 Å². The molecule has 0 radical (unpaired) electrons. The van der Waals surface area contributed by atoms with Gasteiger partial charge in [0, 0.05) is 72.4 Å². The van der Waals surface area contributed by atoms with Crippen molar-refractivity contribution in [3.05, 3.63) is 91.5 Å². The number of carbonyl (C=O) groups is 4. The second kappa shape index (κ2) is 25.1. The number of rotatable bonds is 22. The first-order valence-corrected chi connectivity index (χ1v) is 28.8. The first-order chi connectivity index (χ1) is 37.6. The Morgan fingerprint density at radius 1 is 0.525 bits per heavy atom. The number of carboxylic acids is 2. The molecule has 2 aliphatic carbocycles. The molecule has 0 spiro atoms. The second-order valence-corrected chi connectivity index (χ2v) is 25.5. The fourth-order valence-electron chi connectivity index (χ4n) is 12.6. The third-order valence-corrected chi connectivity index (χ3v) is 16.2. The van der Waals surface area contributed by atoms with Crippen molar-refractivity contribution in [2.75, 3.05) is 27.4 Å². The third kappa shape index (κ3) is 14.3. The van der Waals surface area contributed by atoms with Crippen LogP contribution in [0.4, 0.5) is 0 Å². The van der Waals surface area contributed by atoms with Crippen molar-refractivity contribution in [1.82, 2.24) is 9.13 Å². The summed E-state index contributed by atoms with van der Waals surface area (Å²) in [6.45, 7) is 21.2. The first-order valence-electron chi connectivity index (χ1n) is 28.8. The van der Waals surface area contributed by atoms with Crippen LogP contribution in [-0.4, -0.2) is 81.9 Å². The van der Waals surface area contributed by atoms with Crippen molar-refractivity contribution in [3.8, 4) is 45.5 Å². The highest BCUT2D eigenvalue weighted by Crippen LogP contribution is 2.61. The smallest absolute Gasteiger partial charge is 0.341 e. The van der Waals surface area contributed by atoms with E-state index in [-0.39, 0.29) is 57.8 Å². The molecule has 16 heteroatoms. The fourth-order valence-corrected chi connectivity index (χ4v) is 12.6. The summed E-state index contributed by atoms with van der Waals surface area (Å²) in [5.74, 6) is 0.225. The molecule has 8 rings (SSSR count). The van der Waals surface area contributed by atoms with Crippen molar-refractivity contribution >= 4 is 23.9 Å². The molecule has 0 saturated heterocycles. The molecule has 4 aromatic rings. The number of methoxy groups -OCH3 is 2. The minimum Gasteiger partial charge on any atom is -0.493 e. The lowest BCUT2D eigenvalue weighted by molar-refractivity contribution is -0.156. The van der Waals surface area contributed by atoms with Gasteiger partial charge in [0.1, 0.15) is 22.3 Å². The molecule has 4 aliphatic rings. The lowest BCUT2D eigenvalue weighted by Gasteiger charge is -2.40. The van der Waals surface area contributed by atoms with Crippen LogP contribution in [0.5, 0.6) is 23.0 Å². The van der Waals surface area contributed by atoms with E-state index in [1.54, 1.807) is 14.2 Å². The van der Waals surface area contributed by atoms with Crippen molar-refractivity contribution in [2.24, 2.45) is 10.8 Å². The number of ether oxygens (including phenoxy) is 6. The Hall–Kier alpha value is -6.58. The van der Waals surface area contributed by atoms with Crippen LogP contribution in [0.2, 0.25) is 0 Å². The summed E-state index contributed by atoms with van der Waals surface area (Å²) in [6.07, 6.45) is 17.3. The number of benzene rings is 2. The molecule has 2 aromatic carbocycles. The number of esters is 2. The van der Waals surface area contributed by atoms with Gasteiger partial charge in [-0.2, -0.15) is 0 Å². The summed E-state index contributed by atoms with van der Waals surface area (Å²) in [5, 5.41) is 19.2. The summed E-state index contributed by atoms with van der Waals surface area (Å²) < 4.78 is 38.5. The number of hydrogen-bond acceptors (Lipinski definition) is 12. The van der Waals surface area contributed by atoms with Crippen LogP contribution in [0.1, 0.15) is 228 Å². The van der Waals surface area contributed by atoms with Gasteiger partial charge in [0.05, 0.1) is 38.8 Å². The molecule has 436 valence electrons. The molecule has 2 saturated carbocycles. The molecule has 2 aliphatic heterocycles. The van der Waals surface area contributed by atoms with E-state index < -0.39 is 34.0 Å². The highest BCUT2D eigenvalue weighted by molar-refractivity contribution is 5.89. The summed E-state index contributed by atoms with van der Waals surface area (Å²) in [7, 11) is 3.20. The summed E-state index contributed by atoms with van der Waals surface area (Å²) in [6, 6.07) is 11.0. The Kier molecular flexibility index (Phi) is 19.1. The van der Waals surface area contributed by atoms with Gasteiger partial charge in [-0.05, 0) is 139 Å². The minimum absolute atomic E-state index is 0.0376. The van der Waals surface area contributed by atoms with E-state index in [4.69, 9.17) is 28.4 Å². The van der Waals surface area contributed by atoms with E-state index >= 15 is 0 Å². The van der Waals surface area contributed by atoms with Crippen molar-refractivity contribution in [1.29, 1.82) is 0 Å². The van der Waals surface area contributed by atoms with E-state index in [1.165, 1.54) is 24.5 Å². The van der Waals surface area contributed by atoms with Crippen LogP contribution in [-0.2, 0) is 19.1 Å². The quantitative estimate of drug-likeness (QED) is 0.0554. The number of aromatic carboxylic acids is 2. The monoisotopic (exact) mass is 1110 g/mol. The number of carboxylic acid groups (broad SMARTS) is 2. The lowest BCUT2D eigenvalue weighted by atomic mass is 9.77. The second-order valence-electron chi connectivity index (χ2n) is 25.5. The van der Waals surface area contributed by atoms with Crippen molar-refractivity contribution in [3.63, 3.8) is 0 Å². The minimum atomic E-state index is -1.21. The summed E-state index contributed by atoms with van der Waals surface area (Å²) in [4.78, 5) is 72.6. The number of unbranched alkanes of at least 4 members (excludes halogenated alkanes) is 8. The Bertz CT molecular complexity index is 2840. The number of hydrogen-bond donors (Lipinski definition) is 2. The molecule has 16 nitrogen and oxygen atoms in total. The van der Waals surface area contributed by atoms with Crippen molar-refractivity contribution < 1.29 is 57.8 Å². The van der Waals surface area contributed by atoms with Crippen LogP contribution in [0.3, 0.4) is 0 Å². The molecule has 2 N–H and O–H groups in total. The lowest BCUT2D eigenvalue weighted by Crippen LogP contribution is -2.32.